The van der Waals surface area contributed by atoms with Crippen LogP contribution in [-0.2, 0) is 13.0 Å². The van der Waals surface area contributed by atoms with Crippen LogP contribution < -0.4 is 0 Å². The summed E-state index contributed by atoms with van der Waals surface area (Å²) >= 11 is 3.45. The van der Waals surface area contributed by atoms with Crippen molar-refractivity contribution in [3.63, 3.8) is 0 Å². The first-order valence-corrected chi connectivity index (χ1v) is 10.0. The van der Waals surface area contributed by atoms with Gasteiger partial charge in [0, 0.05) is 35.9 Å². The fraction of sp³-hybridized carbons (Fsp3) is 0.130. The second kappa shape index (κ2) is 8.09. The number of nitrogens with one attached hydrogen (secondary N) is 1. The van der Waals surface area contributed by atoms with E-state index in [1.165, 1.54) is 0 Å². The maximum Gasteiger partial charge on any atom is 0.257 e. The molecule has 0 aliphatic rings. The Hall–Kier alpha value is -3.12. The summed E-state index contributed by atoms with van der Waals surface area (Å²) in [5.74, 6) is -0.297. The molecular weight excluding hydrogens is 430 g/mol. The maximum atomic E-state index is 13.0. The third-order valence-corrected chi connectivity index (χ3v) is 5.35. The van der Waals surface area contributed by atoms with Gasteiger partial charge in [0.05, 0.1) is 16.8 Å². The molecule has 4 rings (SSSR count). The minimum Gasteiger partial charge on any atom is -0.507 e. The number of aromatic hydroxyl groups is 1. The molecule has 0 spiro atoms. The number of fused-ring (bicyclic) bond motifs is 1. The van der Waals surface area contributed by atoms with Gasteiger partial charge in [-0.3, -0.25) is 9.89 Å². The molecule has 1 aromatic heterocycles. The van der Waals surface area contributed by atoms with Crippen LogP contribution in [0.15, 0.2) is 71.2 Å². The number of carbonyl (C=O) groups is 1. The van der Waals surface area contributed by atoms with Gasteiger partial charge < -0.3 is 10.0 Å². The molecule has 0 atom stereocenters. The highest BCUT2D eigenvalue weighted by Crippen LogP contribution is 2.28. The van der Waals surface area contributed by atoms with Gasteiger partial charge in [-0.1, -0.05) is 58.4 Å². The number of halogens is 1. The van der Waals surface area contributed by atoms with Gasteiger partial charge in [0.15, 0.2) is 0 Å². The van der Waals surface area contributed by atoms with Crippen molar-refractivity contribution in [2.75, 3.05) is 7.05 Å². The van der Waals surface area contributed by atoms with Gasteiger partial charge in [-0.25, -0.2) is 0 Å². The zero-order chi connectivity index (χ0) is 20.4. The molecule has 0 aliphatic carbocycles. The van der Waals surface area contributed by atoms with Gasteiger partial charge in [0.1, 0.15) is 5.75 Å². The van der Waals surface area contributed by atoms with Crippen molar-refractivity contribution in [3.8, 4) is 5.75 Å². The highest BCUT2D eigenvalue weighted by atomic mass is 79.9. The van der Waals surface area contributed by atoms with Crippen LogP contribution in [0.1, 0.15) is 27.2 Å². The number of hydrogen-bond acceptors (Lipinski definition) is 3. The number of H-pyrrole nitrogens is 1. The summed E-state index contributed by atoms with van der Waals surface area (Å²) in [5, 5.41) is 18.6. The van der Waals surface area contributed by atoms with E-state index < -0.39 is 0 Å². The summed E-state index contributed by atoms with van der Waals surface area (Å²) in [6, 6.07) is 21.1. The van der Waals surface area contributed by atoms with E-state index in [2.05, 4.69) is 26.1 Å². The van der Waals surface area contributed by atoms with Gasteiger partial charge >= 0.3 is 0 Å². The Labute approximate surface area is 177 Å². The summed E-state index contributed by atoms with van der Waals surface area (Å²) in [7, 11) is 1.73. The van der Waals surface area contributed by atoms with Crippen molar-refractivity contribution in [2.24, 2.45) is 0 Å². The number of rotatable bonds is 5. The second-order valence-electron chi connectivity index (χ2n) is 7.04. The monoisotopic (exact) mass is 449 g/mol. The average molecular weight is 450 g/mol. The molecule has 6 heteroatoms. The highest BCUT2D eigenvalue weighted by Gasteiger charge is 2.19. The Morgan fingerprint density at radius 3 is 2.59 bits per heavy atom. The highest BCUT2D eigenvalue weighted by molar-refractivity contribution is 9.10. The third kappa shape index (κ3) is 4.17. The van der Waals surface area contributed by atoms with E-state index in [-0.39, 0.29) is 17.2 Å². The lowest BCUT2D eigenvalue weighted by atomic mass is 10.0. The fourth-order valence-corrected chi connectivity index (χ4v) is 3.84. The van der Waals surface area contributed by atoms with Crippen LogP contribution in [0.4, 0.5) is 0 Å². The molecule has 5 nitrogen and oxygen atoms in total. The lowest BCUT2D eigenvalue weighted by Crippen LogP contribution is -2.26. The third-order valence-electron chi connectivity index (χ3n) is 4.86. The van der Waals surface area contributed by atoms with Crippen molar-refractivity contribution in [3.05, 3.63) is 93.6 Å². The first kappa shape index (κ1) is 19.2. The van der Waals surface area contributed by atoms with E-state index in [9.17, 15) is 9.90 Å². The number of aromatic amines is 1. The van der Waals surface area contributed by atoms with Crippen LogP contribution in [0.3, 0.4) is 0 Å². The lowest BCUT2D eigenvalue weighted by Gasteiger charge is -2.18. The lowest BCUT2D eigenvalue weighted by molar-refractivity contribution is 0.0782. The first-order chi connectivity index (χ1) is 14.0. The minimum atomic E-state index is -0.240. The molecule has 4 aromatic rings. The summed E-state index contributed by atoms with van der Waals surface area (Å²) < 4.78 is 0.962. The molecule has 0 bridgehead atoms. The Kier molecular flexibility index (Phi) is 5.36. The van der Waals surface area contributed by atoms with E-state index in [4.69, 9.17) is 0 Å². The largest absolute Gasteiger partial charge is 0.507 e. The smallest absolute Gasteiger partial charge is 0.257 e. The molecule has 1 amide bonds. The molecule has 0 saturated carbocycles. The number of aromatic nitrogens is 2. The maximum absolute atomic E-state index is 13.0. The van der Waals surface area contributed by atoms with E-state index in [1.54, 1.807) is 24.1 Å². The van der Waals surface area contributed by atoms with Crippen LogP contribution in [-0.4, -0.2) is 33.2 Å². The standard InChI is InChI=1S/C23H20BrN3O2/c1-27(14-16-8-5-9-17(24)10-16)23(29)19-12-18-20(11-15-6-3-2-4-7-15)25-26-21(18)13-22(19)28/h2-10,12-13,28H,11,14H2,1H3,(H,25,26). The summed E-state index contributed by atoms with van der Waals surface area (Å²) in [5.41, 5.74) is 3.96. The average Bonchev–Trinajstić information content (AvgIpc) is 3.09. The van der Waals surface area contributed by atoms with Crippen molar-refractivity contribution in [2.45, 2.75) is 13.0 Å². The van der Waals surface area contributed by atoms with E-state index in [1.807, 2.05) is 54.6 Å². The predicted octanol–water partition coefficient (Wildman–Crippen LogP) is 4.89. The predicted molar refractivity (Wildman–Crippen MR) is 117 cm³/mol. The molecular formula is C23H20BrN3O2. The number of amides is 1. The SMILES string of the molecule is CN(Cc1cccc(Br)c1)C(=O)c1cc2c(Cc3ccccc3)n[nH]c2cc1O. The molecule has 3 aromatic carbocycles. The van der Waals surface area contributed by atoms with Crippen LogP contribution in [0, 0.1) is 0 Å². The van der Waals surface area contributed by atoms with Crippen molar-refractivity contribution in [1.82, 2.24) is 15.1 Å². The number of nitrogens with zero attached hydrogens (tertiary/aromatic N) is 2. The van der Waals surface area contributed by atoms with E-state index in [0.29, 0.717) is 18.5 Å². The number of hydrogen-bond donors (Lipinski definition) is 2. The molecule has 29 heavy (non-hydrogen) atoms. The number of phenols is 1. The van der Waals surface area contributed by atoms with Crippen molar-refractivity contribution >= 4 is 32.7 Å². The van der Waals surface area contributed by atoms with Crippen molar-refractivity contribution in [1.29, 1.82) is 0 Å². The Balaban J connectivity index is 1.63. The zero-order valence-electron chi connectivity index (χ0n) is 15.9. The van der Waals surface area contributed by atoms with Crippen LogP contribution in [0.25, 0.3) is 10.9 Å². The molecule has 0 radical (unpaired) electrons. The number of benzene rings is 3. The quantitative estimate of drug-likeness (QED) is 0.455. The molecule has 0 saturated heterocycles. The van der Waals surface area contributed by atoms with Gasteiger partial charge in [0.25, 0.3) is 5.91 Å². The van der Waals surface area contributed by atoms with Gasteiger partial charge in [-0.05, 0) is 29.3 Å². The second-order valence-corrected chi connectivity index (χ2v) is 7.95. The van der Waals surface area contributed by atoms with E-state index in [0.717, 1.165) is 26.7 Å². The van der Waals surface area contributed by atoms with E-state index >= 15 is 0 Å². The molecule has 2 N–H and O–H groups in total. The molecule has 0 fully saturated rings. The van der Waals surface area contributed by atoms with Gasteiger partial charge in [0.2, 0.25) is 0 Å². The molecule has 146 valence electrons. The summed E-state index contributed by atoms with van der Waals surface area (Å²) in [4.78, 5) is 14.6. The molecule has 1 heterocycles. The van der Waals surface area contributed by atoms with Crippen LogP contribution in [0.5, 0.6) is 5.75 Å². The van der Waals surface area contributed by atoms with Gasteiger partial charge in [-0.2, -0.15) is 5.10 Å². The Bertz CT molecular complexity index is 1170. The Morgan fingerprint density at radius 2 is 1.83 bits per heavy atom. The summed E-state index contributed by atoms with van der Waals surface area (Å²) in [6.07, 6.45) is 0.646. The number of phenolic OH excluding ortho intramolecular Hbond substituents is 1. The number of carbonyl (C=O) groups excluding carboxylic acids is 1. The van der Waals surface area contributed by atoms with Crippen molar-refractivity contribution < 1.29 is 9.90 Å². The minimum absolute atomic E-state index is 0.0569. The summed E-state index contributed by atoms with van der Waals surface area (Å²) in [6.45, 7) is 0.442. The van der Waals surface area contributed by atoms with Crippen LogP contribution >= 0.6 is 15.9 Å². The van der Waals surface area contributed by atoms with Gasteiger partial charge in [-0.15, -0.1) is 0 Å². The Morgan fingerprint density at radius 1 is 1.07 bits per heavy atom. The topological polar surface area (TPSA) is 69.2 Å². The molecule has 0 unspecified atom stereocenters. The zero-order valence-corrected chi connectivity index (χ0v) is 17.5. The van der Waals surface area contributed by atoms with Crippen LogP contribution in [0.2, 0.25) is 0 Å². The normalized spacial score (nSPS) is 11.0. The fourth-order valence-electron chi connectivity index (χ4n) is 3.39. The molecule has 0 aliphatic heterocycles. The first-order valence-electron chi connectivity index (χ1n) is 9.25.